The molecule has 20 heavy (non-hydrogen) atoms. The van der Waals surface area contributed by atoms with Crippen molar-refractivity contribution in [2.75, 3.05) is 12.4 Å². The van der Waals surface area contributed by atoms with E-state index in [0.717, 1.165) is 11.4 Å². The highest BCUT2D eigenvalue weighted by Gasteiger charge is 2.00. The molecule has 5 heteroatoms. The average Bonchev–Trinajstić information content (AvgIpc) is 2.45. The Balaban J connectivity index is 1.89. The van der Waals surface area contributed by atoms with Crippen LogP contribution in [0.2, 0.25) is 0 Å². The zero-order valence-electron chi connectivity index (χ0n) is 11.0. The van der Waals surface area contributed by atoms with Gasteiger partial charge in [0.15, 0.2) is 5.11 Å². The fourth-order valence-electron chi connectivity index (χ4n) is 1.71. The van der Waals surface area contributed by atoms with Crippen molar-refractivity contribution in [2.45, 2.75) is 6.54 Å². The lowest BCUT2D eigenvalue weighted by atomic mass is 10.2. The Morgan fingerprint density at radius 3 is 2.75 bits per heavy atom. The lowest BCUT2D eigenvalue weighted by Crippen LogP contribution is -2.27. The first kappa shape index (κ1) is 15.1. The number of methoxy groups -OCH3 is 1. The van der Waals surface area contributed by atoms with Gasteiger partial charge >= 0.3 is 0 Å². The van der Waals surface area contributed by atoms with Crippen LogP contribution in [0.5, 0.6) is 5.75 Å². The summed E-state index contributed by atoms with van der Waals surface area (Å²) >= 11 is 7.58. The van der Waals surface area contributed by atoms with E-state index in [4.69, 9.17) is 17.0 Å². The largest absolute Gasteiger partial charge is 0.497 e. The molecule has 0 unspecified atom stereocenters. The first-order valence-corrected chi connectivity index (χ1v) is 7.59. The molecule has 2 N–H and O–H groups in total. The minimum atomic E-state index is 0.595. The van der Waals surface area contributed by atoms with Gasteiger partial charge in [-0.3, -0.25) is 0 Å². The normalized spacial score (nSPS) is 9.90. The fraction of sp³-hybridized carbons (Fsp3) is 0.133. The summed E-state index contributed by atoms with van der Waals surface area (Å²) in [5, 5.41) is 6.92. The summed E-state index contributed by atoms with van der Waals surface area (Å²) in [6, 6.07) is 16.0. The highest BCUT2D eigenvalue weighted by molar-refractivity contribution is 14.1. The van der Waals surface area contributed by atoms with Crippen LogP contribution in [0, 0.1) is 3.57 Å². The van der Waals surface area contributed by atoms with Gasteiger partial charge in [0.05, 0.1) is 7.11 Å². The maximum atomic E-state index is 5.28. The first-order chi connectivity index (χ1) is 9.67. The van der Waals surface area contributed by atoms with Crippen molar-refractivity contribution in [3.8, 4) is 5.75 Å². The molecule has 104 valence electrons. The van der Waals surface area contributed by atoms with E-state index in [-0.39, 0.29) is 0 Å². The maximum Gasteiger partial charge on any atom is 0.171 e. The number of rotatable bonds is 4. The molecule has 2 rings (SSSR count). The zero-order valence-corrected chi connectivity index (χ0v) is 14.0. The van der Waals surface area contributed by atoms with Gasteiger partial charge in [-0.25, -0.2) is 0 Å². The first-order valence-electron chi connectivity index (χ1n) is 6.11. The van der Waals surface area contributed by atoms with Crippen LogP contribution in [-0.4, -0.2) is 12.2 Å². The van der Waals surface area contributed by atoms with Crippen LogP contribution in [0.4, 0.5) is 5.69 Å². The van der Waals surface area contributed by atoms with Gasteiger partial charge in [0.2, 0.25) is 0 Å². The SMILES string of the molecule is COc1cccc(NC(=S)NCc2cccc(I)c2)c1. The summed E-state index contributed by atoms with van der Waals surface area (Å²) in [5.74, 6) is 0.801. The summed E-state index contributed by atoms with van der Waals surface area (Å²) in [6.07, 6.45) is 0. The van der Waals surface area contributed by atoms with Crippen LogP contribution < -0.4 is 15.4 Å². The summed E-state index contributed by atoms with van der Waals surface area (Å²) in [5.41, 5.74) is 2.11. The summed E-state index contributed by atoms with van der Waals surface area (Å²) in [7, 11) is 1.65. The predicted molar refractivity (Wildman–Crippen MR) is 95.2 cm³/mol. The molecule has 0 bridgehead atoms. The van der Waals surface area contributed by atoms with E-state index in [1.54, 1.807) is 7.11 Å². The van der Waals surface area contributed by atoms with E-state index in [1.165, 1.54) is 9.13 Å². The Hall–Kier alpha value is -1.34. The van der Waals surface area contributed by atoms with Gasteiger partial charge in [0.1, 0.15) is 5.75 Å². The Kier molecular flexibility index (Phi) is 5.60. The molecule has 2 aromatic rings. The van der Waals surface area contributed by atoms with E-state index in [0.29, 0.717) is 11.7 Å². The van der Waals surface area contributed by atoms with Gasteiger partial charge in [-0.05, 0) is 64.6 Å². The molecule has 0 radical (unpaired) electrons. The van der Waals surface area contributed by atoms with E-state index in [9.17, 15) is 0 Å². The third-order valence-corrected chi connectivity index (χ3v) is 3.59. The Morgan fingerprint density at radius 2 is 2.00 bits per heavy atom. The van der Waals surface area contributed by atoms with Crippen LogP contribution in [0.3, 0.4) is 0 Å². The van der Waals surface area contributed by atoms with Crippen molar-refractivity contribution < 1.29 is 4.74 Å². The molecule has 0 aromatic heterocycles. The quantitative estimate of drug-likeness (QED) is 0.607. The molecule has 0 fully saturated rings. The molecule has 0 atom stereocenters. The van der Waals surface area contributed by atoms with Crippen LogP contribution in [0.15, 0.2) is 48.5 Å². The molecule has 0 amide bonds. The second kappa shape index (κ2) is 7.44. The van der Waals surface area contributed by atoms with Gasteiger partial charge in [-0.2, -0.15) is 0 Å². The predicted octanol–water partition coefficient (Wildman–Crippen LogP) is 3.79. The van der Waals surface area contributed by atoms with Crippen molar-refractivity contribution >= 4 is 45.6 Å². The minimum Gasteiger partial charge on any atom is -0.497 e. The fourth-order valence-corrected chi connectivity index (χ4v) is 2.50. The smallest absolute Gasteiger partial charge is 0.171 e. The van der Waals surface area contributed by atoms with Crippen molar-refractivity contribution in [1.29, 1.82) is 0 Å². The Labute approximate surface area is 137 Å². The number of halogens is 1. The zero-order chi connectivity index (χ0) is 14.4. The van der Waals surface area contributed by atoms with E-state index in [1.807, 2.05) is 30.3 Å². The number of benzene rings is 2. The summed E-state index contributed by atoms with van der Waals surface area (Å²) in [4.78, 5) is 0. The second-order valence-electron chi connectivity index (χ2n) is 4.17. The number of nitrogens with one attached hydrogen (secondary N) is 2. The number of ether oxygens (including phenoxy) is 1. The molecule has 0 aliphatic rings. The topological polar surface area (TPSA) is 33.3 Å². The lowest BCUT2D eigenvalue weighted by molar-refractivity contribution is 0.415. The number of anilines is 1. The van der Waals surface area contributed by atoms with Crippen LogP contribution in [0.25, 0.3) is 0 Å². The molecular weight excluding hydrogens is 383 g/mol. The highest BCUT2D eigenvalue weighted by atomic mass is 127. The average molecular weight is 398 g/mol. The van der Waals surface area contributed by atoms with Crippen molar-refractivity contribution in [1.82, 2.24) is 5.32 Å². The van der Waals surface area contributed by atoms with Gasteiger partial charge in [0, 0.05) is 21.9 Å². The van der Waals surface area contributed by atoms with Gasteiger partial charge in [0.25, 0.3) is 0 Å². The number of thiocarbonyl (C=S) groups is 1. The summed E-state index contributed by atoms with van der Waals surface area (Å²) < 4.78 is 6.39. The van der Waals surface area contributed by atoms with Gasteiger partial charge < -0.3 is 15.4 Å². The van der Waals surface area contributed by atoms with E-state index in [2.05, 4.69) is 51.4 Å². The number of hydrogen-bond donors (Lipinski definition) is 2. The molecule has 2 aromatic carbocycles. The third-order valence-electron chi connectivity index (χ3n) is 2.67. The van der Waals surface area contributed by atoms with Crippen molar-refractivity contribution in [2.24, 2.45) is 0 Å². The highest BCUT2D eigenvalue weighted by Crippen LogP contribution is 2.16. The van der Waals surface area contributed by atoms with Gasteiger partial charge in [-0.15, -0.1) is 0 Å². The third kappa shape index (κ3) is 4.64. The van der Waals surface area contributed by atoms with Crippen molar-refractivity contribution in [3.63, 3.8) is 0 Å². The van der Waals surface area contributed by atoms with Crippen molar-refractivity contribution in [3.05, 3.63) is 57.7 Å². The van der Waals surface area contributed by atoms with Gasteiger partial charge in [-0.1, -0.05) is 18.2 Å². The Morgan fingerprint density at radius 1 is 1.20 bits per heavy atom. The van der Waals surface area contributed by atoms with Crippen LogP contribution in [-0.2, 0) is 6.54 Å². The molecule has 0 aliphatic carbocycles. The molecule has 0 spiro atoms. The monoisotopic (exact) mass is 398 g/mol. The molecule has 0 saturated carbocycles. The number of hydrogen-bond acceptors (Lipinski definition) is 2. The lowest BCUT2D eigenvalue weighted by Gasteiger charge is -2.11. The second-order valence-corrected chi connectivity index (χ2v) is 5.82. The maximum absolute atomic E-state index is 5.28. The molecular formula is C15H15IN2OS. The standard InChI is InChI=1S/C15H15IN2OS/c1-19-14-7-3-6-13(9-14)18-15(20)17-10-11-4-2-5-12(16)8-11/h2-9H,10H2,1H3,(H2,17,18,20). The van der Waals surface area contributed by atoms with E-state index >= 15 is 0 Å². The van der Waals surface area contributed by atoms with Crippen LogP contribution in [0.1, 0.15) is 5.56 Å². The van der Waals surface area contributed by atoms with E-state index < -0.39 is 0 Å². The molecule has 0 heterocycles. The molecule has 0 saturated heterocycles. The summed E-state index contributed by atoms with van der Waals surface area (Å²) in [6.45, 7) is 0.701. The molecule has 0 aliphatic heterocycles. The minimum absolute atomic E-state index is 0.595. The molecule has 3 nitrogen and oxygen atoms in total. The Bertz CT molecular complexity index is 604. The van der Waals surface area contributed by atoms with Crippen LogP contribution >= 0.6 is 34.8 Å².